The molecule has 3 aromatic rings. The molecule has 0 atom stereocenters. The van der Waals surface area contributed by atoms with Crippen LogP contribution in [0, 0.1) is 5.82 Å². The maximum absolute atomic E-state index is 14.8. The maximum Gasteiger partial charge on any atom is 0.338 e. The molecular formula is C27H21FO5. The molecule has 0 bridgehead atoms. The average molecular weight is 444 g/mol. The first-order valence-corrected chi connectivity index (χ1v) is 9.90. The van der Waals surface area contributed by atoms with Crippen LogP contribution in [0.4, 0.5) is 4.39 Å². The van der Waals surface area contributed by atoms with Gasteiger partial charge in [0.05, 0.1) is 0 Å². The molecule has 0 heterocycles. The number of halogens is 1. The number of ether oxygens (including phenoxy) is 3. The van der Waals surface area contributed by atoms with E-state index in [1.807, 2.05) is 6.07 Å². The lowest BCUT2D eigenvalue weighted by Crippen LogP contribution is -2.07. The van der Waals surface area contributed by atoms with Gasteiger partial charge in [0.15, 0.2) is 0 Å². The topological polar surface area (TPSA) is 61.8 Å². The molecule has 3 rings (SSSR count). The van der Waals surface area contributed by atoms with E-state index in [0.717, 1.165) is 17.9 Å². The van der Waals surface area contributed by atoms with Crippen molar-refractivity contribution in [1.29, 1.82) is 0 Å². The predicted molar refractivity (Wildman–Crippen MR) is 124 cm³/mol. The van der Waals surface area contributed by atoms with Crippen LogP contribution in [0.25, 0.3) is 22.3 Å². The molecule has 5 nitrogen and oxygen atoms in total. The molecule has 33 heavy (non-hydrogen) atoms. The fourth-order valence-electron chi connectivity index (χ4n) is 2.80. The minimum atomic E-state index is -0.591. The highest BCUT2D eigenvalue weighted by atomic mass is 19.1. The number of carbonyl (C=O) groups is 2. The number of benzene rings is 3. The van der Waals surface area contributed by atoms with Gasteiger partial charge in [-0.15, -0.1) is 0 Å². The molecule has 0 aliphatic heterocycles. The zero-order chi connectivity index (χ0) is 23.8. The third kappa shape index (κ3) is 6.27. The SMILES string of the molecule is C=CC(=O)O/C=C\Oc1ccc(-c2ccc(-c3ccc(OC(=O)C(=C)C)cc3)cc2F)cc1. The van der Waals surface area contributed by atoms with E-state index in [0.29, 0.717) is 33.8 Å². The summed E-state index contributed by atoms with van der Waals surface area (Å²) < 4.78 is 30.0. The van der Waals surface area contributed by atoms with Crippen molar-refractivity contribution in [2.75, 3.05) is 0 Å². The number of esters is 2. The Kier molecular flexibility index (Phi) is 7.55. The Balaban J connectivity index is 1.69. The lowest BCUT2D eigenvalue weighted by atomic mass is 9.99. The highest BCUT2D eigenvalue weighted by molar-refractivity contribution is 5.88. The van der Waals surface area contributed by atoms with Crippen molar-refractivity contribution in [3.05, 3.63) is 110 Å². The second-order valence-corrected chi connectivity index (χ2v) is 6.94. The first-order chi connectivity index (χ1) is 15.9. The van der Waals surface area contributed by atoms with Crippen LogP contribution >= 0.6 is 0 Å². The van der Waals surface area contributed by atoms with Crippen LogP contribution in [-0.4, -0.2) is 11.9 Å². The predicted octanol–water partition coefficient (Wildman–Crippen LogP) is 6.22. The van der Waals surface area contributed by atoms with Gasteiger partial charge in [-0.05, 0) is 53.9 Å². The molecule has 0 aromatic heterocycles. The van der Waals surface area contributed by atoms with Crippen molar-refractivity contribution in [3.8, 4) is 33.8 Å². The summed E-state index contributed by atoms with van der Waals surface area (Å²) in [6, 6.07) is 18.6. The van der Waals surface area contributed by atoms with Crippen molar-refractivity contribution in [1.82, 2.24) is 0 Å². The first-order valence-electron chi connectivity index (χ1n) is 9.90. The fraction of sp³-hybridized carbons (Fsp3) is 0.0370. The summed E-state index contributed by atoms with van der Waals surface area (Å²) in [4.78, 5) is 22.5. The average Bonchev–Trinajstić information content (AvgIpc) is 2.82. The van der Waals surface area contributed by atoms with Crippen molar-refractivity contribution in [2.24, 2.45) is 0 Å². The molecule has 0 radical (unpaired) electrons. The van der Waals surface area contributed by atoms with Gasteiger partial charge in [-0.1, -0.05) is 49.6 Å². The van der Waals surface area contributed by atoms with Crippen LogP contribution in [0.3, 0.4) is 0 Å². The van der Waals surface area contributed by atoms with Crippen LogP contribution in [0.5, 0.6) is 11.5 Å². The van der Waals surface area contributed by atoms with Gasteiger partial charge in [0.1, 0.15) is 29.8 Å². The second kappa shape index (κ2) is 10.7. The molecule has 0 aliphatic rings. The summed E-state index contributed by atoms with van der Waals surface area (Å²) in [5.74, 6) is -0.586. The number of hydrogen-bond donors (Lipinski definition) is 0. The fourth-order valence-corrected chi connectivity index (χ4v) is 2.80. The van der Waals surface area contributed by atoms with Gasteiger partial charge in [-0.25, -0.2) is 14.0 Å². The molecule has 0 aliphatic carbocycles. The zero-order valence-corrected chi connectivity index (χ0v) is 17.9. The largest absolute Gasteiger partial charge is 0.462 e. The van der Waals surface area contributed by atoms with Crippen LogP contribution in [-0.2, 0) is 14.3 Å². The molecule has 166 valence electrons. The Labute approximate surface area is 191 Å². The quantitative estimate of drug-likeness (QED) is 0.179. The monoisotopic (exact) mass is 444 g/mol. The van der Waals surface area contributed by atoms with Gasteiger partial charge in [0.2, 0.25) is 0 Å². The van der Waals surface area contributed by atoms with Gasteiger partial charge >= 0.3 is 11.9 Å². The summed E-state index contributed by atoms with van der Waals surface area (Å²) in [6.45, 7) is 8.40. The molecule has 0 amide bonds. The first kappa shape index (κ1) is 23.2. The van der Waals surface area contributed by atoms with Crippen molar-refractivity contribution < 1.29 is 28.2 Å². The third-order valence-electron chi connectivity index (χ3n) is 4.49. The van der Waals surface area contributed by atoms with Crippen LogP contribution < -0.4 is 9.47 Å². The smallest absolute Gasteiger partial charge is 0.338 e. The van der Waals surface area contributed by atoms with E-state index in [9.17, 15) is 14.0 Å². The zero-order valence-electron chi connectivity index (χ0n) is 17.9. The van der Waals surface area contributed by atoms with Gasteiger partial charge in [0.25, 0.3) is 0 Å². The van der Waals surface area contributed by atoms with E-state index in [2.05, 4.69) is 17.9 Å². The molecule has 0 saturated heterocycles. The lowest BCUT2D eigenvalue weighted by Gasteiger charge is -2.09. The van der Waals surface area contributed by atoms with Crippen molar-refractivity contribution in [2.45, 2.75) is 6.92 Å². The molecule has 3 aromatic carbocycles. The molecule has 0 fully saturated rings. The normalized spacial score (nSPS) is 10.5. The number of hydrogen-bond acceptors (Lipinski definition) is 5. The molecule has 0 N–H and O–H groups in total. The van der Waals surface area contributed by atoms with Gasteiger partial charge in [-0.3, -0.25) is 0 Å². The van der Waals surface area contributed by atoms with Gasteiger partial charge < -0.3 is 14.2 Å². The molecule has 0 unspecified atom stereocenters. The Morgan fingerprint density at radius 3 is 2.06 bits per heavy atom. The van der Waals surface area contributed by atoms with E-state index in [1.54, 1.807) is 61.5 Å². The van der Waals surface area contributed by atoms with Crippen LogP contribution in [0.15, 0.2) is 104 Å². The highest BCUT2D eigenvalue weighted by Gasteiger charge is 2.09. The lowest BCUT2D eigenvalue weighted by molar-refractivity contribution is -0.132. The Bertz CT molecular complexity index is 1210. The van der Waals surface area contributed by atoms with Gasteiger partial charge in [-0.2, -0.15) is 0 Å². The van der Waals surface area contributed by atoms with Gasteiger partial charge in [0, 0.05) is 17.2 Å². The standard InChI is InChI=1S/C27H21FO5/c1-4-26(29)32-16-15-31-22-10-7-20(8-11-22)24-14-9-21(17-25(24)28)19-5-12-23(13-6-19)33-27(30)18(2)3/h4-17H,1-2H2,3H3/b16-15-. The summed E-state index contributed by atoms with van der Waals surface area (Å²) in [5, 5.41) is 0. The Morgan fingerprint density at radius 1 is 0.848 bits per heavy atom. The van der Waals surface area contributed by atoms with E-state index < -0.39 is 11.9 Å². The minimum absolute atomic E-state index is 0.307. The van der Waals surface area contributed by atoms with E-state index in [1.165, 1.54) is 12.3 Å². The second-order valence-electron chi connectivity index (χ2n) is 6.94. The van der Waals surface area contributed by atoms with Crippen molar-refractivity contribution >= 4 is 11.9 Å². The highest BCUT2D eigenvalue weighted by Crippen LogP contribution is 2.30. The molecule has 0 spiro atoms. The third-order valence-corrected chi connectivity index (χ3v) is 4.49. The van der Waals surface area contributed by atoms with E-state index >= 15 is 0 Å². The Morgan fingerprint density at radius 2 is 1.45 bits per heavy atom. The molecular weight excluding hydrogens is 423 g/mol. The van der Waals surface area contributed by atoms with Crippen LogP contribution in [0.2, 0.25) is 0 Å². The number of carbonyl (C=O) groups excluding carboxylic acids is 2. The summed E-state index contributed by atoms with van der Waals surface area (Å²) in [6.07, 6.45) is 3.36. The summed E-state index contributed by atoms with van der Waals surface area (Å²) in [5.41, 5.74) is 2.89. The van der Waals surface area contributed by atoms with E-state index in [-0.39, 0.29) is 5.82 Å². The van der Waals surface area contributed by atoms with Crippen LogP contribution in [0.1, 0.15) is 6.92 Å². The summed E-state index contributed by atoms with van der Waals surface area (Å²) in [7, 11) is 0. The molecule has 6 heteroatoms. The summed E-state index contributed by atoms with van der Waals surface area (Å²) >= 11 is 0. The number of rotatable bonds is 8. The maximum atomic E-state index is 14.8. The molecule has 0 saturated carbocycles. The van der Waals surface area contributed by atoms with Crippen molar-refractivity contribution in [3.63, 3.8) is 0 Å². The van der Waals surface area contributed by atoms with E-state index in [4.69, 9.17) is 9.47 Å². The minimum Gasteiger partial charge on any atom is -0.462 e. The Hall–Kier alpha value is -4.45.